The highest BCUT2D eigenvalue weighted by molar-refractivity contribution is 6.23. The lowest BCUT2D eigenvalue weighted by Crippen LogP contribution is -2.34. The number of hydrogen-bond donors (Lipinski definition) is 1. The smallest absolute Gasteiger partial charge is 0.256 e. The van der Waals surface area contributed by atoms with Crippen molar-refractivity contribution in [1.82, 2.24) is 0 Å². The Morgan fingerprint density at radius 2 is 1.54 bits per heavy atom. The maximum Gasteiger partial charge on any atom is 0.256 e. The van der Waals surface area contributed by atoms with Crippen molar-refractivity contribution < 1.29 is 9.59 Å². The van der Waals surface area contributed by atoms with Gasteiger partial charge in [-0.05, 0) is 35.0 Å². The number of benzene rings is 3. The number of carbonyl (C=O) groups is 2. The van der Waals surface area contributed by atoms with Crippen molar-refractivity contribution in [3.63, 3.8) is 0 Å². The molecular weight excluding hydrogens is 300 g/mol. The highest BCUT2D eigenvalue weighted by atomic mass is 16.2. The number of nitrogens with one attached hydrogen (secondary N) is 1. The number of anilines is 2. The Morgan fingerprint density at radius 1 is 0.833 bits per heavy atom. The Morgan fingerprint density at radius 3 is 2.33 bits per heavy atom. The van der Waals surface area contributed by atoms with Crippen LogP contribution in [0.3, 0.4) is 0 Å². The van der Waals surface area contributed by atoms with Crippen molar-refractivity contribution in [3.8, 4) is 0 Å². The van der Waals surface area contributed by atoms with E-state index in [2.05, 4.69) is 5.32 Å². The number of nitrogens with zero attached hydrogens (tertiary/aromatic N) is 1. The van der Waals surface area contributed by atoms with E-state index >= 15 is 0 Å². The van der Waals surface area contributed by atoms with Gasteiger partial charge in [-0.2, -0.15) is 0 Å². The fraction of sp³-hybridized carbons (Fsp3) is 0.100. The number of carbonyl (C=O) groups excluding carboxylic acids is 2. The predicted molar refractivity (Wildman–Crippen MR) is 94.9 cm³/mol. The average molecular weight is 316 g/mol. The van der Waals surface area contributed by atoms with Gasteiger partial charge in [-0.3, -0.25) is 9.59 Å². The van der Waals surface area contributed by atoms with Gasteiger partial charge in [0.2, 0.25) is 5.91 Å². The molecule has 0 bridgehead atoms. The van der Waals surface area contributed by atoms with E-state index in [1.165, 1.54) is 4.90 Å². The minimum atomic E-state index is -0.529. The van der Waals surface area contributed by atoms with E-state index in [-0.39, 0.29) is 18.2 Å². The number of imide groups is 1. The van der Waals surface area contributed by atoms with Crippen LogP contribution in [0.2, 0.25) is 0 Å². The third-order valence-corrected chi connectivity index (χ3v) is 4.25. The van der Waals surface area contributed by atoms with Gasteiger partial charge >= 0.3 is 0 Å². The molecule has 2 amide bonds. The van der Waals surface area contributed by atoms with Crippen LogP contribution in [0.25, 0.3) is 10.8 Å². The number of rotatable bonds is 3. The van der Waals surface area contributed by atoms with Crippen LogP contribution in [0.15, 0.2) is 72.8 Å². The molecule has 1 fully saturated rings. The minimum Gasteiger partial charge on any atom is -0.373 e. The van der Waals surface area contributed by atoms with Crippen molar-refractivity contribution in [2.45, 2.75) is 12.5 Å². The largest absolute Gasteiger partial charge is 0.373 e. The highest BCUT2D eigenvalue weighted by Gasteiger charge is 2.39. The number of amides is 2. The molecule has 0 radical (unpaired) electrons. The molecule has 1 N–H and O–H groups in total. The maximum atomic E-state index is 12.6. The van der Waals surface area contributed by atoms with Gasteiger partial charge in [-0.1, -0.05) is 48.5 Å². The molecule has 0 aliphatic carbocycles. The molecule has 4 heteroatoms. The summed E-state index contributed by atoms with van der Waals surface area (Å²) >= 11 is 0. The first-order valence-electron chi connectivity index (χ1n) is 7.89. The molecule has 1 heterocycles. The van der Waals surface area contributed by atoms with Crippen LogP contribution in [0.4, 0.5) is 11.4 Å². The lowest BCUT2D eigenvalue weighted by atomic mass is 10.1. The van der Waals surface area contributed by atoms with Gasteiger partial charge in [-0.25, -0.2) is 4.90 Å². The molecule has 1 saturated heterocycles. The number of para-hydroxylation sites is 1. The number of fused-ring (bicyclic) bond motifs is 1. The SMILES string of the molecule is O=C1CC(Nc2ccc3ccccc3c2)C(=O)N1c1ccccc1. The summed E-state index contributed by atoms with van der Waals surface area (Å²) in [4.78, 5) is 26.2. The lowest BCUT2D eigenvalue weighted by molar-refractivity contribution is -0.121. The van der Waals surface area contributed by atoms with Crippen LogP contribution in [-0.4, -0.2) is 17.9 Å². The van der Waals surface area contributed by atoms with Gasteiger partial charge < -0.3 is 5.32 Å². The standard InChI is InChI=1S/C20H16N2O2/c23-19-13-18(20(24)22(19)17-8-2-1-3-9-17)21-16-11-10-14-6-4-5-7-15(14)12-16/h1-12,18,21H,13H2. The fourth-order valence-corrected chi connectivity index (χ4v) is 3.07. The number of hydrogen-bond acceptors (Lipinski definition) is 3. The summed E-state index contributed by atoms with van der Waals surface area (Å²) < 4.78 is 0. The zero-order valence-electron chi connectivity index (χ0n) is 13.0. The molecule has 0 spiro atoms. The van der Waals surface area contributed by atoms with E-state index in [0.717, 1.165) is 16.5 Å². The van der Waals surface area contributed by atoms with Gasteiger partial charge in [0.15, 0.2) is 0 Å². The minimum absolute atomic E-state index is 0.167. The van der Waals surface area contributed by atoms with E-state index in [0.29, 0.717) is 5.69 Å². The Bertz CT molecular complexity index is 921. The first kappa shape index (κ1) is 14.5. The summed E-state index contributed by atoms with van der Waals surface area (Å²) in [5.74, 6) is -0.385. The molecule has 24 heavy (non-hydrogen) atoms. The molecule has 1 aliphatic rings. The third kappa shape index (κ3) is 2.52. The van der Waals surface area contributed by atoms with Crippen molar-refractivity contribution in [1.29, 1.82) is 0 Å². The van der Waals surface area contributed by atoms with E-state index in [1.807, 2.05) is 60.7 Å². The van der Waals surface area contributed by atoms with Crippen LogP contribution >= 0.6 is 0 Å². The van der Waals surface area contributed by atoms with Crippen LogP contribution in [0, 0.1) is 0 Å². The molecule has 1 atom stereocenters. The maximum absolute atomic E-state index is 12.6. The second-order valence-corrected chi connectivity index (χ2v) is 5.87. The quantitative estimate of drug-likeness (QED) is 0.751. The van der Waals surface area contributed by atoms with Crippen LogP contribution in [0.5, 0.6) is 0 Å². The summed E-state index contributed by atoms with van der Waals surface area (Å²) in [6, 6.07) is 22.5. The molecule has 0 saturated carbocycles. The first-order chi connectivity index (χ1) is 11.7. The van der Waals surface area contributed by atoms with Gasteiger partial charge in [0.1, 0.15) is 6.04 Å². The zero-order chi connectivity index (χ0) is 16.5. The monoisotopic (exact) mass is 316 g/mol. The van der Waals surface area contributed by atoms with Crippen molar-refractivity contribution in [2.75, 3.05) is 10.2 Å². The van der Waals surface area contributed by atoms with Gasteiger partial charge in [0, 0.05) is 5.69 Å². The van der Waals surface area contributed by atoms with Crippen LogP contribution in [-0.2, 0) is 9.59 Å². The molecule has 3 aromatic rings. The molecule has 4 rings (SSSR count). The Kier molecular flexibility index (Phi) is 3.50. The summed E-state index contributed by atoms with van der Waals surface area (Å²) in [7, 11) is 0. The lowest BCUT2D eigenvalue weighted by Gasteiger charge is -2.16. The summed E-state index contributed by atoms with van der Waals surface area (Å²) in [5, 5.41) is 5.44. The van der Waals surface area contributed by atoms with E-state index in [1.54, 1.807) is 12.1 Å². The second kappa shape index (κ2) is 5.81. The van der Waals surface area contributed by atoms with Gasteiger partial charge in [-0.15, -0.1) is 0 Å². The Hall–Kier alpha value is -3.14. The summed E-state index contributed by atoms with van der Waals surface area (Å²) in [6.45, 7) is 0. The third-order valence-electron chi connectivity index (χ3n) is 4.25. The predicted octanol–water partition coefficient (Wildman–Crippen LogP) is 3.58. The van der Waals surface area contributed by atoms with Crippen molar-refractivity contribution >= 4 is 34.0 Å². The average Bonchev–Trinajstić information content (AvgIpc) is 2.89. The highest BCUT2D eigenvalue weighted by Crippen LogP contribution is 2.26. The Balaban J connectivity index is 1.58. The fourth-order valence-electron chi connectivity index (χ4n) is 3.07. The summed E-state index contributed by atoms with van der Waals surface area (Å²) in [5.41, 5.74) is 1.46. The molecule has 4 nitrogen and oxygen atoms in total. The van der Waals surface area contributed by atoms with Crippen molar-refractivity contribution in [3.05, 3.63) is 72.8 Å². The molecule has 3 aromatic carbocycles. The van der Waals surface area contributed by atoms with Crippen LogP contribution in [0.1, 0.15) is 6.42 Å². The van der Waals surface area contributed by atoms with E-state index in [4.69, 9.17) is 0 Å². The van der Waals surface area contributed by atoms with E-state index in [9.17, 15) is 9.59 Å². The molecule has 1 unspecified atom stereocenters. The first-order valence-corrected chi connectivity index (χ1v) is 7.89. The Labute approximate surface area is 139 Å². The topological polar surface area (TPSA) is 49.4 Å². The second-order valence-electron chi connectivity index (χ2n) is 5.87. The molecular formula is C20H16N2O2. The van der Waals surface area contributed by atoms with Gasteiger partial charge in [0.05, 0.1) is 12.1 Å². The van der Waals surface area contributed by atoms with Crippen molar-refractivity contribution in [2.24, 2.45) is 0 Å². The molecule has 118 valence electrons. The van der Waals surface area contributed by atoms with Crippen LogP contribution < -0.4 is 10.2 Å². The zero-order valence-corrected chi connectivity index (χ0v) is 13.0. The summed E-state index contributed by atoms with van der Waals surface area (Å²) in [6.07, 6.45) is 0.167. The molecule has 0 aromatic heterocycles. The molecule has 1 aliphatic heterocycles. The van der Waals surface area contributed by atoms with E-state index < -0.39 is 6.04 Å². The normalized spacial score (nSPS) is 17.5. The van der Waals surface area contributed by atoms with Gasteiger partial charge in [0.25, 0.3) is 5.91 Å².